The van der Waals surface area contributed by atoms with Gasteiger partial charge in [0.05, 0.1) is 27.7 Å². The number of rotatable bonds is 46. The fourth-order valence-electron chi connectivity index (χ4n) is 6.94. The van der Waals surface area contributed by atoms with Gasteiger partial charge in [-0.1, -0.05) is 204 Å². The topological polar surface area (TPSA) is 111 Å². The minimum absolute atomic E-state index is 0.0510. The van der Waals surface area contributed by atoms with Crippen LogP contribution in [0.1, 0.15) is 219 Å². The molecule has 362 valence electrons. The Balaban J connectivity index is 4.37. The molecular weight excluding hydrogens is 798 g/mol. The van der Waals surface area contributed by atoms with Crippen LogP contribution < -0.4 is 4.89 Å². The molecule has 0 aromatic carbocycles. The van der Waals surface area contributed by atoms with E-state index in [1.807, 2.05) is 33.3 Å². The molecule has 2 atom stereocenters. The van der Waals surface area contributed by atoms with Gasteiger partial charge in [0.15, 0.2) is 6.10 Å². The van der Waals surface area contributed by atoms with E-state index in [-0.39, 0.29) is 19.6 Å². The van der Waals surface area contributed by atoms with Gasteiger partial charge in [-0.3, -0.25) is 9.36 Å². The molecule has 0 N–H and O–H groups in total. The summed E-state index contributed by atoms with van der Waals surface area (Å²) in [5.74, 6) is -1.13. The number of nitrogens with zero attached hydrogens (tertiary/aromatic N) is 1. The first-order valence-electron chi connectivity index (χ1n) is 25.4. The van der Waals surface area contributed by atoms with Gasteiger partial charge in [0.25, 0.3) is 7.82 Å². The van der Waals surface area contributed by atoms with Crippen molar-refractivity contribution >= 4 is 19.8 Å². The molecular formula is C52H96NO8P. The molecule has 0 aromatic heterocycles. The second-order valence-electron chi connectivity index (χ2n) is 18.2. The fraction of sp³-hybridized carbons (Fsp3) is 0.808. The number of ether oxygens (including phenoxy) is 2. The second kappa shape index (κ2) is 44.2. The number of hydrogen-bond donors (Lipinski definition) is 0. The van der Waals surface area contributed by atoms with Crippen molar-refractivity contribution in [2.75, 3.05) is 47.5 Å². The van der Waals surface area contributed by atoms with E-state index < -0.39 is 32.5 Å². The van der Waals surface area contributed by atoms with Crippen molar-refractivity contribution in [1.82, 2.24) is 0 Å². The number of carbonyl (C=O) groups excluding carboxylic acids is 2. The molecule has 0 spiro atoms. The molecule has 0 rings (SSSR count). The quantitative estimate of drug-likeness (QED) is 0.0113. The highest BCUT2D eigenvalue weighted by Gasteiger charge is 2.21. The van der Waals surface area contributed by atoms with Crippen molar-refractivity contribution in [1.29, 1.82) is 0 Å². The van der Waals surface area contributed by atoms with Crippen molar-refractivity contribution in [3.8, 4) is 0 Å². The Kier molecular flexibility index (Phi) is 42.7. The molecule has 9 nitrogen and oxygen atoms in total. The average molecular weight is 894 g/mol. The Morgan fingerprint density at radius 2 is 0.952 bits per heavy atom. The van der Waals surface area contributed by atoms with Gasteiger partial charge in [-0.25, -0.2) is 4.79 Å². The molecule has 0 aliphatic rings. The highest BCUT2D eigenvalue weighted by atomic mass is 31.2. The molecule has 0 fully saturated rings. The number of esters is 2. The third kappa shape index (κ3) is 47.4. The third-order valence-corrected chi connectivity index (χ3v) is 11.9. The molecule has 1 unspecified atom stereocenters. The van der Waals surface area contributed by atoms with E-state index in [1.165, 1.54) is 160 Å². The zero-order chi connectivity index (χ0) is 45.7. The second-order valence-corrected chi connectivity index (χ2v) is 19.7. The van der Waals surface area contributed by atoms with Crippen LogP contribution in [0.3, 0.4) is 0 Å². The van der Waals surface area contributed by atoms with Crippen molar-refractivity contribution in [3.05, 3.63) is 48.6 Å². The molecule has 0 radical (unpaired) electrons. The van der Waals surface area contributed by atoms with Gasteiger partial charge in [0.2, 0.25) is 0 Å². The maximum absolute atomic E-state index is 12.7. The predicted molar refractivity (Wildman–Crippen MR) is 259 cm³/mol. The summed E-state index contributed by atoms with van der Waals surface area (Å²) in [5.41, 5.74) is 0. The van der Waals surface area contributed by atoms with Gasteiger partial charge in [-0.2, -0.15) is 0 Å². The highest BCUT2D eigenvalue weighted by Crippen LogP contribution is 2.38. The zero-order valence-electron chi connectivity index (χ0n) is 40.8. The normalized spacial score (nSPS) is 13.8. The molecule has 0 aliphatic carbocycles. The third-order valence-electron chi connectivity index (χ3n) is 10.9. The summed E-state index contributed by atoms with van der Waals surface area (Å²) in [6, 6.07) is 0. The van der Waals surface area contributed by atoms with E-state index in [0.717, 1.165) is 38.5 Å². The number of allylic oxidation sites excluding steroid dienone is 7. The van der Waals surface area contributed by atoms with E-state index in [4.69, 9.17) is 18.5 Å². The summed E-state index contributed by atoms with van der Waals surface area (Å²) in [6.45, 7) is 4.08. The van der Waals surface area contributed by atoms with Gasteiger partial charge >= 0.3 is 11.9 Å². The summed E-state index contributed by atoms with van der Waals surface area (Å²) >= 11 is 0. The standard InChI is InChI=1S/C52H96NO8P/c1-6-8-10-12-14-16-18-20-22-23-24-25-26-27-28-29-31-33-35-37-39-41-43-45-52(55)61-50(49-60-62(56,57)59-47-46-53(3,4)5)48-58-51(54)44-42-40-38-36-34-32-30-21-19-17-15-13-11-9-7-2/h29,31,37-40,42,44,50H,6-28,30,32-36,41,43,45-49H2,1-5H3/b31-29+,39-37+,40-38+,44-42+/t50-/m1/s1. The van der Waals surface area contributed by atoms with Gasteiger partial charge in [0, 0.05) is 12.5 Å². The van der Waals surface area contributed by atoms with Crippen LogP contribution in [0.5, 0.6) is 0 Å². The lowest BCUT2D eigenvalue weighted by Gasteiger charge is -2.28. The lowest BCUT2D eigenvalue weighted by molar-refractivity contribution is -0.870. The fourth-order valence-corrected chi connectivity index (χ4v) is 7.67. The number of unbranched alkanes of at least 4 members (excludes halogenated alkanes) is 27. The summed E-state index contributed by atoms with van der Waals surface area (Å²) in [4.78, 5) is 37.5. The van der Waals surface area contributed by atoms with Crippen LogP contribution >= 0.6 is 7.82 Å². The summed E-state index contributed by atoms with van der Waals surface area (Å²) < 4.78 is 33.7. The van der Waals surface area contributed by atoms with Crippen LogP contribution in [0.4, 0.5) is 0 Å². The number of carbonyl (C=O) groups is 2. The molecule has 0 aliphatic heterocycles. The summed E-state index contributed by atoms with van der Waals surface area (Å²) in [5, 5.41) is 0. The maximum Gasteiger partial charge on any atom is 0.330 e. The van der Waals surface area contributed by atoms with Crippen LogP contribution in [-0.2, 0) is 32.7 Å². The Labute approximate surface area is 382 Å². The van der Waals surface area contributed by atoms with E-state index >= 15 is 0 Å². The van der Waals surface area contributed by atoms with E-state index in [0.29, 0.717) is 17.4 Å². The predicted octanol–water partition coefficient (Wildman–Crippen LogP) is 14.4. The highest BCUT2D eigenvalue weighted by molar-refractivity contribution is 7.45. The van der Waals surface area contributed by atoms with Crippen LogP contribution in [0.2, 0.25) is 0 Å². The smallest absolute Gasteiger partial charge is 0.330 e. The molecule has 0 aromatic rings. The van der Waals surface area contributed by atoms with Crippen molar-refractivity contribution in [2.45, 2.75) is 225 Å². The first-order valence-corrected chi connectivity index (χ1v) is 26.8. The number of phosphoric acid groups is 1. The van der Waals surface area contributed by atoms with Crippen LogP contribution in [0.25, 0.3) is 0 Å². The Bertz CT molecular complexity index is 1190. The van der Waals surface area contributed by atoms with Gasteiger partial charge in [-0.15, -0.1) is 0 Å². The number of hydrogen-bond acceptors (Lipinski definition) is 8. The molecule has 0 amide bonds. The molecule has 0 heterocycles. The van der Waals surface area contributed by atoms with Gasteiger partial charge in [-0.05, 0) is 51.4 Å². The number of phosphoric ester groups is 1. The minimum atomic E-state index is -4.66. The van der Waals surface area contributed by atoms with Crippen molar-refractivity contribution < 1.29 is 42.1 Å². The SMILES string of the molecule is CCCCCCCCCCCCC/C=C/C=C/C(=O)OC[C@H](COP(=O)([O-])OCC[N+](C)(C)C)OC(=O)CCC/C=C/CC/C=C/CCCCCCCCCCCCCCCC. The van der Waals surface area contributed by atoms with E-state index in [9.17, 15) is 19.0 Å². The summed E-state index contributed by atoms with van der Waals surface area (Å²) in [6.07, 6.45) is 53.7. The minimum Gasteiger partial charge on any atom is -0.756 e. The number of likely N-dealkylation sites (N-methyl/N-ethyl adjacent to an activating group) is 1. The molecule has 0 saturated carbocycles. The van der Waals surface area contributed by atoms with Crippen LogP contribution in [0.15, 0.2) is 48.6 Å². The largest absolute Gasteiger partial charge is 0.756 e. The molecule has 0 bridgehead atoms. The Hall–Kier alpha value is -2.03. The van der Waals surface area contributed by atoms with Gasteiger partial charge < -0.3 is 27.9 Å². The number of quaternary nitrogens is 1. The monoisotopic (exact) mass is 894 g/mol. The lowest BCUT2D eigenvalue weighted by atomic mass is 10.0. The van der Waals surface area contributed by atoms with Crippen molar-refractivity contribution in [2.24, 2.45) is 0 Å². The van der Waals surface area contributed by atoms with E-state index in [1.54, 1.807) is 6.08 Å². The van der Waals surface area contributed by atoms with Crippen LogP contribution in [-0.4, -0.2) is 70.0 Å². The Morgan fingerprint density at radius 3 is 1.42 bits per heavy atom. The first-order chi connectivity index (χ1) is 30.0. The molecule has 62 heavy (non-hydrogen) atoms. The molecule has 0 saturated heterocycles. The first kappa shape index (κ1) is 60.0. The maximum atomic E-state index is 12.7. The van der Waals surface area contributed by atoms with Gasteiger partial charge in [0.1, 0.15) is 19.8 Å². The lowest BCUT2D eigenvalue weighted by Crippen LogP contribution is -2.37. The average Bonchev–Trinajstić information content (AvgIpc) is 3.23. The van der Waals surface area contributed by atoms with Crippen molar-refractivity contribution in [3.63, 3.8) is 0 Å². The summed E-state index contributed by atoms with van der Waals surface area (Å²) in [7, 11) is 1.10. The Morgan fingerprint density at radius 1 is 0.532 bits per heavy atom. The van der Waals surface area contributed by atoms with E-state index in [2.05, 4.69) is 38.2 Å². The molecule has 10 heteroatoms. The van der Waals surface area contributed by atoms with Crippen LogP contribution in [0, 0.1) is 0 Å². The zero-order valence-corrected chi connectivity index (χ0v) is 41.7.